The Kier molecular flexibility index (Phi) is 2.96. The van der Waals surface area contributed by atoms with Crippen LogP contribution in [0.25, 0.3) is 5.65 Å². The molecular weight excluding hydrogens is 264 g/mol. The number of pyridine rings is 1. The van der Waals surface area contributed by atoms with Crippen LogP contribution in [0.4, 0.5) is 0 Å². The normalized spacial score (nSPS) is 23.3. The van der Waals surface area contributed by atoms with Gasteiger partial charge >= 0.3 is 0 Å². The lowest BCUT2D eigenvalue weighted by Gasteiger charge is -2.23. The van der Waals surface area contributed by atoms with Gasteiger partial charge in [0.15, 0.2) is 0 Å². The Morgan fingerprint density at radius 3 is 3.10 bits per heavy atom. The molecule has 1 aliphatic carbocycles. The molecule has 0 radical (unpaired) electrons. The van der Waals surface area contributed by atoms with E-state index >= 15 is 0 Å². The highest BCUT2D eigenvalue weighted by Crippen LogP contribution is 2.58. The molecule has 2 N–H and O–H groups in total. The molecule has 1 spiro atoms. The first-order valence-corrected chi connectivity index (χ1v) is 7.68. The van der Waals surface area contributed by atoms with Gasteiger partial charge in [0.2, 0.25) is 5.91 Å². The van der Waals surface area contributed by atoms with Crippen LogP contribution in [0.1, 0.15) is 25.0 Å². The van der Waals surface area contributed by atoms with Gasteiger partial charge in [0.25, 0.3) is 0 Å². The summed E-state index contributed by atoms with van der Waals surface area (Å²) in [5.41, 5.74) is 2.13. The van der Waals surface area contributed by atoms with Crippen molar-refractivity contribution in [1.82, 2.24) is 20.0 Å². The number of carbonyl (C=O) groups is 1. The number of nitrogens with one attached hydrogen (secondary N) is 2. The molecule has 1 unspecified atom stereocenters. The van der Waals surface area contributed by atoms with Crippen LogP contribution in [0.3, 0.4) is 0 Å². The second kappa shape index (κ2) is 4.84. The van der Waals surface area contributed by atoms with Gasteiger partial charge in [-0.1, -0.05) is 6.07 Å². The van der Waals surface area contributed by atoms with E-state index in [1.807, 2.05) is 35.0 Å². The largest absolute Gasteiger partial charge is 0.350 e. The van der Waals surface area contributed by atoms with Crippen LogP contribution < -0.4 is 10.6 Å². The number of hydrogen-bond donors (Lipinski definition) is 2. The molecule has 21 heavy (non-hydrogen) atoms. The Balaban J connectivity index is 1.37. The Bertz CT molecular complexity index is 639. The number of rotatable bonds is 3. The summed E-state index contributed by atoms with van der Waals surface area (Å²) in [6, 6.07) is 5.91. The first-order valence-electron chi connectivity index (χ1n) is 7.68. The van der Waals surface area contributed by atoms with Crippen LogP contribution in [0.15, 0.2) is 30.6 Å². The van der Waals surface area contributed by atoms with Crippen molar-refractivity contribution >= 4 is 11.6 Å². The van der Waals surface area contributed by atoms with E-state index in [0.29, 0.717) is 12.0 Å². The van der Waals surface area contributed by atoms with E-state index < -0.39 is 0 Å². The molecule has 4 rings (SSSR count). The zero-order valence-electron chi connectivity index (χ0n) is 12.0. The summed E-state index contributed by atoms with van der Waals surface area (Å²) in [6.45, 7) is 2.62. The quantitative estimate of drug-likeness (QED) is 0.894. The van der Waals surface area contributed by atoms with Gasteiger partial charge < -0.3 is 15.0 Å². The topological polar surface area (TPSA) is 58.4 Å². The molecule has 1 atom stereocenters. The molecule has 2 fully saturated rings. The minimum atomic E-state index is 0.203. The van der Waals surface area contributed by atoms with Gasteiger partial charge in [-0.05, 0) is 49.9 Å². The lowest BCUT2D eigenvalue weighted by atomic mass is 9.92. The van der Waals surface area contributed by atoms with E-state index in [-0.39, 0.29) is 11.8 Å². The van der Waals surface area contributed by atoms with E-state index in [1.165, 1.54) is 0 Å². The van der Waals surface area contributed by atoms with Gasteiger partial charge in [0.1, 0.15) is 5.65 Å². The number of nitrogens with zero attached hydrogens (tertiary/aromatic N) is 2. The van der Waals surface area contributed by atoms with E-state index in [2.05, 4.69) is 15.6 Å². The summed E-state index contributed by atoms with van der Waals surface area (Å²) in [5.74, 6) is 0.422. The molecule has 110 valence electrons. The predicted molar refractivity (Wildman–Crippen MR) is 79.7 cm³/mol. The van der Waals surface area contributed by atoms with Crippen molar-refractivity contribution in [2.24, 2.45) is 11.3 Å². The Morgan fingerprint density at radius 2 is 2.29 bits per heavy atom. The molecule has 1 saturated carbocycles. The molecule has 2 aromatic rings. The highest BCUT2D eigenvalue weighted by molar-refractivity contribution is 5.82. The number of imidazole rings is 1. The highest BCUT2D eigenvalue weighted by atomic mass is 16.2. The zero-order chi connectivity index (χ0) is 14.3. The van der Waals surface area contributed by atoms with Crippen LogP contribution >= 0.6 is 0 Å². The summed E-state index contributed by atoms with van der Waals surface area (Å²) >= 11 is 0. The summed E-state index contributed by atoms with van der Waals surface area (Å²) in [5, 5.41) is 6.43. The fourth-order valence-corrected chi connectivity index (χ4v) is 3.57. The molecule has 1 saturated heterocycles. The van der Waals surface area contributed by atoms with Crippen LogP contribution in [0, 0.1) is 11.3 Å². The molecule has 2 aliphatic rings. The van der Waals surface area contributed by atoms with Crippen molar-refractivity contribution in [3.8, 4) is 0 Å². The SMILES string of the molecule is O=C(NCc1cn2ccccc2n1)C1CC12CCNCC2. The second-order valence-corrected chi connectivity index (χ2v) is 6.29. The smallest absolute Gasteiger partial charge is 0.224 e. The first kappa shape index (κ1) is 12.8. The summed E-state index contributed by atoms with van der Waals surface area (Å²) in [4.78, 5) is 16.8. The Morgan fingerprint density at radius 1 is 1.43 bits per heavy atom. The monoisotopic (exact) mass is 284 g/mol. The predicted octanol–water partition coefficient (Wildman–Crippen LogP) is 1.34. The maximum atomic E-state index is 12.3. The summed E-state index contributed by atoms with van der Waals surface area (Å²) < 4.78 is 1.98. The van der Waals surface area contributed by atoms with Crippen molar-refractivity contribution in [3.05, 3.63) is 36.3 Å². The average Bonchev–Trinajstić information content (AvgIpc) is 3.04. The minimum absolute atomic E-state index is 0.203. The molecule has 5 heteroatoms. The summed E-state index contributed by atoms with van der Waals surface area (Å²) in [6.07, 6.45) is 7.28. The van der Waals surface area contributed by atoms with Crippen molar-refractivity contribution in [2.75, 3.05) is 13.1 Å². The number of fused-ring (bicyclic) bond motifs is 1. The Hall–Kier alpha value is -1.88. The number of hydrogen-bond acceptors (Lipinski definition) is 3. The first-order chi connectivity index (χ1) is 10.3. The van der Waals surface area contributed by atoms with Crippen molar-refractivity contribution in [3.63, 3.8) is 0 Å². The second-order valence-electron chi connectivity index (χ2n) is 6.29. The van der Waals surface area contributed by atoms with Crippen molar-refractivity contribution in [2.45, 2.75) is 25.8 Å². The van der Waals surface area contributed by atoms with E-state index in [0.717, 1.165) is 43.7 Å². The lowest BCUT2D eigenvalue weighted by Crippen LogP contribution is -2.33. The number of carbonyl (C=O) groups excluding carboxylic acids is 1. The van der Waals surface area contributed by atoms with E-state index in [9.17, 15) is 4.79 Å². The third-order valence-corrected chi connectivity index (χ3v) is 4.96. The molecule has 0 bridgehead atoms. The third kappa shape index (κ3) is 2.31. The van der Waals surface area contributed by atoms with Crippen molar-refractivity contribution in [1.29, 1.82) is 0 Å². The lowest BCUT2D eigenvalue weighted by molar-refractivity contribution is -0.123. The average molecular weight is 284 g/mol. The molecule has 5 nitrogen and oxygen atoms in total. The molecule has 0 aromatic carbocycles. The van der Waals surface area contributed by atoms with E-state index in [1.54, 1.807) is 0 Å². The number of piperidine rings is 1. The zero-order valence-corrected chi connectivity index (χ0v) is 12.0. The molecule has 1 aliphatic heterocycles. The number of amides is 1. The minimum Gasteiger partial charge on any atom is -0.350 e. The van der Waals surface area contributed by atoms with Crippen LogP contribution in [-0.2, 0) is 11.3 Å². The Labute approximate surface area is 123 Å². The van der Waals surface area contributed by atoms with Gasteiger partial charge in [0.05, 0.1) is 12.2 Å². The molecular formula is C16H20N4O. The number of aromatic nitrogens is 2. The van der Waals surface area contributed by atoms with Gasteiger partial charge in [-0.2, -0.15) is 0 Å². The standard InChI is InChI=1S/C16H20N4O/c21-15(13-9-16(13)4-6-17-7-5-16)18-10-12-11-20-8-2-1-3-14(20)19-12/h1-3,8,11,13,17H,4-7,9-10H2,(H,18,21). The highest BCUT2D eigenvalue weighted by Gasteiger charge is 2.57. The summed E-state index contributed by atoms with van der Waals surface area (Å²) in [7, 11) is 0. The third-order valence-electron chi connectivity index (χ3n) is 4.96. The fourth-order valence-electron chi connectivity index (χ4n) is 3.57. The van der Waals surface area contributed by atoms with Crippen LogP contribution in [-0.4, -0.2) is 28.4 Å². The fraction of sp³-hybridized carbons (Fsp3) is 0.500. The van der Waals surface area contributed by atoms with Gasteiger partial charge in [-0.3, -0.25) is 4.79 Å². The van der Waals surface area contributed by atoms with E-state index in [4.69, 9.17) is 0 Å². The molecule has 3 heterocycles. The maximum absolute atomic E-state index is 12.3. The van der Waals surface area contributed by atoms with Gasteiger partial charge in [0, 0.05) is 18.3 Å². The molecule has 2 aromatic heterocycles. The van der Waals surface area contributed by atoms with Crippen LogP contribution in [0.2, 0.25) is 0 Å². The van der Waals surface area contributed by atoms with Gasteiger partial charge in [-0.25, -0.2) is 4.98 Å². The molecule has 1 amide bonds. The van der Waals surface area contributed by atoms with Crippen LogP contribution in [0.5, 0.6) is 0 Å². The maximum Gasteiger partial charge on any atom is 0.224 e. The van der Waals surface area contributed by atoms with Crippen molar-refractivity contribution < 1.29 is 4.79 Å². The van der Waals surface area contributed by atoms with Gasteiger partial charge in [-0.15, -0.1) is 0 Å².